The number of nitrogens with zero attached hydrogens (tertiary/aromatic N) is 3. The van der Waals surface area contributed by atoms with E-state index in [1.807, 2.05) is 42.5 Å². The van der Waals surface area contributed by atoms with Crippen LogP contribution in [0, 0.1) is 0 Å². The Morgan fingerprint density at radius 1 is 0.889 bits per heavy atom. The summed E-state index contributed by atoms with van der Waals surface area (Å²) in [6.07, 6.45) is 4.56. The zero-order valence-electron chi connectivity index (χ0n) is 19.1. The molecule has 1 N–H and O–H groups in total. The van der Waals surface area contributed by atoms with Crippen LogP contribution in [-0.2, 0) is 27.9 Å². The van der Waals surface area contributed by atoms with E-state index in [9.17, 15) is 13.2 Å². The Bertz CT molecular complexity index is 1390. The summed E-state index contributed by atoms with van der Waals surface area (Å²) in [6.45, 7) is -0.298. The van der Waals surface area contributed by atoms with Crippen LogP contribution in [0.25, 0.3) is 11.3 Å². The van der Waals surface area contributed by atoms with Crippen LogP contribution in [0.3, 0.4) is 0 Å². The van der Waals surface area contributed by atoms with Gasteiger partial charge in [-0.3, -0.25) is 9.97 Å². The van der Waals surface area contributed by atoms with E-state index < -0.39 is 22.6 Å². The summed E-state index contributed by atoms with van der Waals surface area (Å²) in [5.74, 6) is -0.742. The van der Waals surface area contributed by atoms with E-state index in [0.717, 1.165) is 16.8 Å². The Kier molecular flexibility index (Phi) is 9.13. The molecular formula is C26H24ClN3O5S. The van der Waals surface area contributed by atoms with E-state index in [2.05, 4.69) is 9.97 Å². The van der Waals surface area contributed by atoms with E-state index in [-0.39, 0.29) is 30.4 Å². The highest BCUT2D eigenvalue weighted by molar-refractivity contribution is 7.89. The molecule has 0 saturated carbocycles. The van der Waals surface area contributed by atoms with Crippen LogP contribution in [0.15, 0.2) is 102 Å². The first-order valence-electron chi connectivity index (χ1n) is 10.8. The molecule has 36 heavy (non-hydrogen) atoms. The van der Waals surface area contributed by atoms with Gasteiger partial charge in [0.05, 0.1) is 5.69 Å². The summed E-state index contributed by atoms with van der Waals surface area (Å²) in [4.78, 5) is 19.2. The Morgan fingerprint density at radius 3 is 2.33 bits per heavy atom. The lowest BCUT2D eigenvalue weighted by atomic mass is 10.1. The van der Waals surface area contributed by atoms with Gasteiger partial charge >= 0.3 is 5.97 Å². The lowest BCUT2D eigenvalue weighted by Crippen LogP contribution is -2.30. The Labute approximate surface area is 215 Å². The molecular weight excluding hydrogens is 502 g/mol. The first-order valence-corrected chi connectivity index (χ1v) is 12.2. The second kappa shape index (κ2) is 12.3. The van der Waals surface area contributed by atoms with Gasteiger partial charge in [0.1, 0.15) is 10.6 Å². The average molecular weight is 526 g/mol. The number of aromatic nitrogens is 2. The molecule has 186 valence electrons. The minimum absolute atomic E-state index is 0. The van der Waals surface area contributed by atoms with Gasteiger partial charge in [0, 0.05) is 37.2 Å². The lowest BCUT2D eigenvalue weighted by molar-refractivity contribution is -0.139. The van der Waals surface area contributed by atoms with E-state index in [1.54, 1.807) is 36.5 Å². The van der Waals surface area contributed by atoms with E-state index in [4.69, 9.17) is 9.84 Å². The summed E-state index contributed by atoms with van der Waals surface area (Å²) in [5.41, 5.74) is 3.22. The van der Waals surface area contributed by atoms with Crippen molar-refractivity contribution in [2.24, 2.45) is 0 Å². The number of benzene rings is 2. The molecule has 0 aliphatic rings. The fourth-order valence-corrected chi connectivity index (χ4v) is 4.86. The molecule has 0 unspecified atom stereocenters. The SMILES string of the molecule is Cl.O=C(O)COc1cccc(CN(Cc2ccc(-c3ccccn3)cc2)S(=O)(=O)c2cccnc2)c1. The van der Waals surface area contributed by atoms with Crippen LogP contribution >= 0.6 is 12.4 Å². The van der Waals surface area contributed by atoms with Crippen molar-refractivity contribution < 1.29 is 23.1 Å². The Balaban J connectivity index is 0.00000361. The second-order valence-electron chi connectivity index (χ2n) is 7.70. The molecule has 0 aliphatic heterocycles. The normalized spacial score (nSPS) is 11.0. The Hall–Kier alpha value is -3.79. The first-order chi connectivity index (χ1) is 16.9. The monoisotopic (exact) mass is 525 g/mol. The van der Waals surface area contributed by atoms with Crippen molar-refractivity contribution in [2.75, 3.05) is 6.61 Å². The van der Waals surface area contributed by atoms with Gasteiger partial charge in [-0.05, 0) is 47.5 Å². The van der Waals surface area contributed by atoms with Gasteiger partial charge in [-0.25, -0.2) is 13.2 Å². The fraction of sp³-hybridized carbons (Fsp3) is 0.115. The van der Waals surface area contributed by atoms with E-state index in [1.165, 1.54) is 22.8 Å². The highest BCUT2D eigenvalue weighted by Gasteiger charge is 2.25. The topological polar surface area (TPSA) is 110 Å². The van der Waals surface area contributed by atoms with Crippen LogP contribution in [0.4, 0.5) is 0 Å². The molecule has 0 atom stereocenters. The number of rotatable bonds is 10. The number of halogens is 1. The molecule has 8 nitrogen and oxygen atoms in total. The number of sulfonamides is 1. The minimum atomic E-state index is -3.87. The van der Waals surface area contributed by atoms with Crippen LogP contribution in [0.5, 0.6) is 5.75 Å². The molecule has 10 heteroatoms. The van der Waals surface area contributed by atoms with Crippen molar-refractivity contribution >= 4 is 28.4 Å². The van der Waals surface area contributed by atoms with E-state index >= 15 is 0 Å². The summed E-state index contributed by atoms with van der Waals surface area (Å²) in [6, 6.07) is 23.1. The van der Waals surface area contributed by atoms with Crippen molar-refractivity contribution in [1.82, 2.24) is 14.3 Å². The molecule has 0 aliphatic carbocycles. The molecule has 0 bridgehead atoms. The van der Waals surface area contributed by atoms with Gasteiger partial charge in [0.2, 0.25) is 10.0 Å². The van der Waals surface area contributed by atoms with Gasteiger partial charge in [-0.1, -0.05) is 42.5 Å². The smallest absolute Gasteiger partial charge is 0.341 e. The number of carbonyl (C=O) groups is 1. The summed E-state index contributed by atoms with van der Waals surface area (Å²) in [5, 5.41) is 8.86. The van der Waals surface area contributed by atoms with Crippen LogP contribution in [0.2, 0.25) is 0 Å². The highest BCUT2D eigenvalue weighted by atomic mass is 35.5. The molecule has 0 radical (unpaired) electrons. The average Bonchev–Trinajstić information content (AvgIpc) is 2.89. The molecule has 0 amide bonds. The number of carboxylic acid groups (broad SMARTS) is 1. The molecule has 4 rings (SSSR count). The van der Waals surface area contributed by atoms with Gasteiger partial charge in [-0.2, -0.15) is 4.31 Å². The van der Waals surface area contributed by atoms with Crippen LogP contribution < -0.4 is 4.74 Å². The molecule has 0 fully saturated rings. The number of hydrogen-bond acceptors (Lipinski definition) is 6. The van der Waals surface area contributed by atoms with Gasteiger partial charge in [-0.15, -0.1) is 12.4 Å². The highest BCUT2D eigenvalue weighted by Crippen LogP contribution is 2.24. The molecule has 2 aromatic heterocycles. The molecule has 4 aromatic rings. The molecule has 0 saturated heterocycles. The third kappa shape index (κ3) is 6.88. The summed E-state index contributed by atoms with van der Waals surface area (Å²) in [7, 11) is -3.87. The quantitative estimate of drug-likeness (QED) is 0.326. The Morgan fingerprint density at radius 2 is 1.67 bits per heavy atom. The predicted molar refractivity (Wildman–Crippen MR) is 137 cm³/mol. The van der Waals surface area contributed by atoms with Crippen molar-refractivity contribution in [1.29, 1.82) is 0 Å². The number of carboxylic acids is 1. The number of hydrogen-bond donors (Lipinski definition) is 1. The first kappa shape index (κ1) is 26.8. The lowest BCUT2D eigenvalue weighted by Gasteiger charge is -2.23. The summed E-state index contributed by atoms with van der Waals surface area (Å²) < 4.78 is 33.6. The molecule has 2 heterocycles. The molecule has 0 spiro atoms. The minimum Gasteiger partial charge on any atom is -0.482 e. The predicted octanol–water partition coefficient (Wildman–Crippen LogP) is 4.42. The maximum Gasteiger partial charge on any atom is 0.341 e. The summed E-state index contributed by atoms with van der Waals surface area (Å²) >= 11 is 0. The van der Waals surface area contributed by atoms with Gasteiger partial charge in [0.25, 0.3) is 0 Å². The zero-order chi connectivity index (χ0) is 24.7. The van der Waals surface area contributed by atoms with Gasteiger partial charge < -0.3 is 9.84 Å². The molecule has 2 aromatic carbocycles. The third-order valence-electron chi connectivity index (χ3n) is 5.17. The number of aliphatic carboxylic acids is 1. The zero-order valence-corrected chi connectivity index (χ0v) is 20.7. The maximum atomic E-state index is 13.5. The van der Waals surface area contributed by atoms with E-state index in [0.29, 0.717) is 11.3 Å². The fourth-order valence-electron chi connectivity index (χ4n) is 3.48. The van der Waals surface area contributed by atoms with Crippen molar-refractivity contribution in [3.8, 4) is 17.0 Å². The van der Waals surface area contributed by atoms with Crippen LogP contribution in [-0.4, -0.2) is 40.4 Å². The second-order valence-corrected chi connectivity index (χ2v) is 9.64. The number of ether oxygens (including phenoxy) is 1. The largest absolute Gasteiger partial charge is 0.482 e. The van der Waals surface area contributed by atoms with Crippen molar-refractivity contribution in [3.63, 3.8) is 0 Å². The standard InChI is InChI=1S/C26H23N3O5S.ClH/c30-26(31)19-34-23-6-3-5-21(15-23)18-29(35(32,33)24-7-4-13-27-16-24)17-20-9-11-22(12-10-20)25-8-1-2-14-28-25;/h1-16H,17-19H2,(H,30,31);1H. The van der Waals surface area contributed by atoms with Gasteiger partial charge in [0.15, 0.2) is 6.61 Å². The maximum absolute atomic E-state index is 13.5. The third-order valence-corrected chi connectivity index (χ3v) is 6.94. The van der Waals surface area contributed by atoms with Crippen LogP contribution in [0.1, 0.15) is 11.1 Å². The van der Waals surface area contributed by atoms with Crippen molar-refractivity contribution in [3.05, 3.63) is 109 Å². The number of pyridine rings is 2. The van der Waals surface area contributed by atoms with Crippen molar-refractivity contribution in [2.45, 2.75) is 18.0 Å².